The molecule has 3 unspecified atom stereocenters. The Hall–Kier alpha value is -7.50. The second-order valence-corrected chi connectivity index (χ2v) is 26.3. The van der Waals surface area contributed by atoms with Crippen LogP contribution in [0.5, 0.6) is 17.8 Å². The Kier molecular flexibility index (Phi) is 18.6. The van der Waals surface area contributed by atoms with Gasteiger partial charge >= 0.3 is 12.0 Å². The van der Waals surface area contributed by atoms with E-state index in [0.29, 0.717) is 85.3 Å². The molecule has 0 bridgehead atoms. The average molecular weight is 1250 g/mol. The summed E-state index contributed by atoms with van der Waals surface area (Å²) in [4.78, 5) is 67.1. The molecule has 91 heavy (non-hydrogen) atoms. The molecule has 15 rings (SSSR count). The molecule has 5 aromatic heterocycles. The van der Waals surface area contributed by atoms with Crippen molar-refractivity contribution in [2.24, 2.45) is 0 Å². The number of carbonyl (C=O) groups is 2. The molecule has 2 amide bonds. The van der Waals surface area contributed by atoms with E-state index in [1.165, 1.54) is 37.4 Å². The minimum atomic E-state index is -0.720. The summed E-state index contributed by atoms with van der Waals surface area (Å²) in [6.07, 6.45) is 22.9. The van der Waals surface area contributed by atoms with Crippen LogP contribution in [-0.4, -0.2) is 204 Å². The molecule has 2 aliphatic carbocycles. The first kappa shape index (κ1) is 63.6. The van der Waals surface area contributed by atoms with Crippen molar-refractivity contribution in [2.45, 2.75) is 158 Å². The quantitative estimate of drug-likeness (QED) is 0.0866. The maximum atomic E-state index is 16.5. The van der Waals surface area contributed by atoms with Crippen LogP contribution in [0.15, 0.2) is 56.0 Å². The van der Waals surface area contributed by atoms with Gasteiger partial charge in [-0.15, -0.1) is 0 Å². The second kappa shape index (κ2) is 26.6. The molecular formula is C68H88F3N15O5. The monoisotopic (exact) mass is 1250 g/mol. The molecule has 12 heterocycles. The number of likely N-dealkylation sites (tertiary alicyclic amines) is 3. The summed E-state index contributed by atoms with van der Waals surface area (Å²) in [5.74, 6) is -0.970. The molecule has 3 atom stereocenters. The molecule has 1 aromatic carbocycles. The van der Waals surface area contributed by atoms with Gasteiger partial charge in [-0.05, 0) is 167 Å². The van der Waals surface area contributed by atoms with Gasteiger partial charge in [0.15, 0.2) is 11.6 Å². The predicted octanol–water partition coefficient (Wildman–Crippen LogP) is 10.2. The smallest absolute Gasteiger partial charge is 0.319 e. The number of hydrogen-bond donors (Lipinski definition) is 2. The van der Waals surface area contributed by atoms with E-state index in [0.717, 1.165) is 127 Å². The molecule has 2 saturated carbocycles. The van der Waals surface area contributed by atoms with Gasteiger partial charge in [0.25, 0.3) is 0 Å². The number of nitrogens with one attached hydrogen (secondary N) is 1. The molecule has 7 saturated heterocycles. The van der Waals surface area contributed by atoms with Crippen molar-refractivity contribution in [2.75, 3.05) is 103 Å². The number of hydrogen-bond acceptors (Lipinski definition) is 17. The van der Waals surface area contributed by atoms with Gasteiger partial charge in [-0.25, -0.2) is 13.2 Å². The Morgan fingerprint density at radius 3 is 1.54 bits per heavy atom. The number of aromatic hydroxyl groups is 1. The van der Waals surface area contributed by atoms with Gasteiger partial charge in [-0.2, -0.15) is 25.0 Å². The normalized spacial score (nSPS) is 22.3. The molecule has 7 aliphatic heterocycles. The van der Waals surface area contributed by atoms with Crippen LogP contribution in [0.2, 0.25) is 0 Å². The molecule has 9 aliphatic rings. The lowest BCUT2D eigenvalue weighted by Gasteiger charge is -2.34. The summed E-state index contributed by atoms with van der Waals surface area (Å²) in [7, 11) is 5.96. The molecule has 486 valence electrons. The van der Waals surface area contributed by atoms with E-state index in [2.05, 4.69) is 72.0 Å². The zero-order valence-corrected chi connectivity index (χ0v) is 53.7. The average Bonchev–Trinajstić information content (AvgIpc) is 1.15. The summed E-state index contributed by atoms with van der Waals surface area (Å²) in [6.45, 7) is 22.2. The predicted molar refractivity (Wildman–Crippen MR) is 345 cm³/mol. The van der Waals surface area contributed by atoms with Crippen LogP contribution in [0.25, 0.3) is 44.3 Å². The summed E-state index contributed by atoms with van der Waals surface area (Å²) in [5.41, 5.74) is 2.54. The number of pyridine rings is 2. The van der Waals surface area contributed by atoms with Crippen LogP contribution in [0, 0.1) is 17.5 Å². The third-order valence-electron chi connectivity index (χ3n) is 20.8. The highest BCUT2D eigenvalue weighted by atomic mass is 19.1. The van der Waals surface area contributed by atoms with Crippen molar-refractivity contribution >= 4 is 45.3 Å². The van der Waals surface area contributed by atoms with Gasteiger partial charge < -0.3 is 39.1 Å². The van der Waals surface area contributed by atoms with Crippen molar-refractivity contribution in [3.05, 3.63) is 84.7 Å². The third-order valence-corrected chi connectivity index (χ3v) is 20.8. The number of ether oxygens (including phenoxy) is 2. The summed E-state index contributed by atoms with van der Waals surface area (Å²) in [5, 5.41) is 18.3. The highest BCUT2D eigenvalue weighted by Gasteiger charge is 2.47. The Morgan fingerprint density at radius 2 is 1.12 bits per heavy atom. The number of aromatic amines is 1. The maximum Gasteiger partial charge on any atom is 0.319 e. The highest BCUT2D eigenvalue weighted by Crippen LogP contribution is 2.49. The largest absolute Gasteiger partial charge is 0.508 e. The number of H-pyrrole nitrogens is 1. The Bertz CT molecular complexity index is 3660. The number of rotatable bonds is 16. The standard InChI is InChI=1S/C32H36F2N6O3.C29H35FN8O2.C5H11N.C2H6/c1-3-25(42)39-13-8-20(17-39)38(2)30-23-16-35-28(22-14-21(41)15-24(33)26(22)19-6-7-19)27(34)29(23)36-31(37-30)43-18-32-9-4-11-40(32)12-5-10-32;1-3-22(39)37-13-8-19(16-37)36(2)27-21-14-31-25(20-15-32-35-24(20)18-6-7-18)23(30)26(21)33-28(34-27)40-17-29-9-4-11-38(29)12-5-10-29;1-5-3-4-6(5)2;1-2/h3,14-16,19-20,41H,1,4-13,17-18H2,2H3;3,14-15,18-19H,1,4-13,16-17H2,2H3,(H,32,35);5H,3-4H2,1-2H3;1-2H3. The number of fused-ring (bicyclic) bond motifs is 4. The number of amides is 2. The van der Waals surface area contributed by atoms with Crippen LogP contribution in [0.1, 0.15) is 140 Å². The third kappa shape index (κ3) is 12.7. The van der Waals surface area contributed by atoms with E-state index in [4.69, 9.17) is 19.4 Å². The molecule has 20 nitrogen and oxygen atoms in total. The Labute approximate surface area is 531 Å². The number of carbonyl (C=O) groups excluding carboxylic acids is 2. The molecule has 0 radical (unpaired) electrons. The topological polar surface area (TPSA) is 202 Å². The number of nitrogens with zero attached hydrogens (tertiary/aromatic N) is 14. The first-order valence-electron chi connectivity index (χ1n) is 33.1. The fourth-order valence-electron chi connectivity index (χ4n) is 14.9. The minimum Gasteiger partial charge on any atom is -0.508 e. The number of aromatic nitrogens is 8. The lowest BCUT2D eigenvalue weighted by Crippen LogP contribution is -2.43. The fourth-order valence-corrected chi connectivity index (χ4v) is 14.9. The van der Waals surface area contributed by atoms with E-state index >= 15 is 13.2 Å². The van der Waals surface area contributed by atoms with Crippen molar-refractivity contribution in [1.82, 2.24) is 64.6 Å². The number of phenols is 1. The van der Waals surface area contributed by atoms with E-state index < -0.39 is 17.5 Å². The fraction of sp³-hybridized carbons (Fsp3) is 0.574. The van der Waals surface area contributed by atoms with Crippen LogP contribution >= 0.6 is 0 Å². The number of phenolic OH excluding ortho intramolecular Hbond substituents is 1. The first-order valence-corrected chi connectivity index (χ1v) is 33.1. The zero-order valence-electron chi connectivity index (χ0n) is 53.7. The molecule has 23 heteroatoms. The van der Waals surface area contributed by atoms with Crippen molar-refractivity contribution < 1.29 is 37.3 Å². The van der Waals surface area contributed by atoms with Crippen molar-refractivity contribution in [3.63, 3.8) is 0 Å². The number of anilines is 2. The van der Waals surface area contributed by atoms with Crippen LogP contribution < -0.4 is 19.3 Å². The van der Waals surface area contributed by atoms with E-state index in [1.54, 1.807) is 22.2 Å². The lowest BCUT2D eigenvalue weighted by atomic mass is 9.95. The van der Waals surface area contributed by atoms with Crippen LogP contribution in [0.3, 0.4) is 0 Å². The number of likely N-dealkylation sites (N-methyl/N-ethyl adjacent to an activating group) is 2. The van der Waals surface area contributed by atoms with E-state index in [1.807, 2.05) is 37.7 Å². The highest BCUT2D eigenvalue weighted by molar-refractivity contribution is 5.94. The molecule has 9 fully saturated rings. The summed E-state index contributed by atoms with van der Waals surface area (Å²) >= 11 is 0. The number of halogens is 3. The molecule has 2 N–H and O–H groups in total. The zero-order chi connectivity index (χ0) is 63.9. The molecule has 6 aromatic rings. The Balaban J connectivity index is 0.000000157. The van der Waals surface area contributed by atoms with Gasteiger partial charge in [0.2, 0.25) is 11.8 Å². The van der Waals surface area contributed by atoms with Gasteiger partial charge in [0.05, 0.1) is 28.0 Å². The van der Waals surface area contributed by atoms with Crippen LogP contribution in [-0.2, 0) is 9.59 Å². The van der Waals surface area contributed by atoms with Gasteiger partial charge in [-0.3, -0.25) is 34.5 Å². The lowest BCUT2D eigenvalue weighted by molar-refractivity contribution is -0.125. The SMILES string of the molecule is C=CC(=O)N1CCC(N(C)c2nc(OCC34CCCN3CCC4)nc3c(F)c(-c4cc(O)cc(F)c4C4CC4)ncc23)C1.C=CC(=O)N1CCC(N(C)c2nc(OCC34CCCN3CCC4)nc3c(F)c(-c4cn[nH]c4C4CC4)ncc23)C1.CC.CC1CCN1C. The minimum absolute atomic E-state index is 0.00619. The van der Waals surface area contributed by atoms with Gasteiger partial charge in [-0.1, -0.05) is 27.0 Å². The second-order valence-electron chi connectivity index (χ2n) is 26.3. The van der Waals surface area contributed by atoms with E-state index in [-0.39, 0.29) is 86.6 Å². The Morgan fingerprint density at radius 1 is 0.659 bits per heavy atom. The maximum absolute atomic E-state index is 16.5. The molecule has 0 spiro atoms. The molecular weight excluding hydrogens is 1160 g/mol. The summed E-state index contributed by atoms with van der Waals surface area (Å²) in [6, 6.07) is 3.48. The van der Waals surface area contributed by atoms with E-state index in [9.17, 15) is 14.7 Å². The van der Waals surface area contributed by atoms with Gasteiger partial charge in [0.1, 0.15) is 58.8 Å². The van der Waals surface area contributed by atoms with Crippen molar-refractivity contribution in [3.8, 4) is 40.3 Å². The van der Waals surface area contributed by atoms with Crippen LogP contribution in [0.4, 0.5) is 24.8 Å². The first-order chi connectivity index (χ1) is 44.0. The van der Waals surface area contributed by atoms with Crippen molar-refractivity contribution in [1.29, 1.82) is 0 Å². The summed E-state index contributed by atoms with van der Waals surface area (Å²) < 4.78 is 60.5. The number of benzene rings is 1. The van der Waals surface area contributed by atoms with Gasteiger partial charge in [0, 0.05) is 105 Å².